The number of nitrogens with one attached hydrogen (secondary N) is 1. The van der Waals surface area contributed by atoms with E-state index in [1.807, 2.05) is 7.05 Å². The maximum atomic E-state index is 5.39. The fourth-order valence-electron chi connectivity index (χ4n) is 2.55. The average molecular weight is 406 g/mol. The summed E-state index contributed by atoms with van der Waals surface area (Å²) < 4.78 is 7.53. The van der Waals surface area contributed by atoms with Crippen molar-refractivity contribution >= 4 is 29.9 Å². The lowest BCUT2D eigenvalue weighted by Gasteiger charge is -2.26. The minimum atomic E-state index is 0. The van der Waals surface area contributed by atoms with Gasteiger partial charge < -0.3 is 19.5 Å². The van der Waals surface area contributed by atoms with Crippen molar-refractivity contribution in [2.24, 2.45) is 18.0 Å². The molecule has 0 unspecified atom stereocenters. The van der Waals surface area contributed by atoms with E-state index in [2.05, 4.69) is 52.2 Å². The Kier molecular flexibility index (Phi) is 8.10. The highest BCUT2D eigenvalue weighted by atomic mass is 127. The molecule has 1 aromatic rings. The summed E-state index contributed by atoms with van der Waals surface area (Å²) in [6.45, 7) is 3.62. The second-order valence-corrected chi connectivity index (χ2v) is 5.45. The van der Waals surface area contributed by atoms with Gasteiger partial charge in [0.2, 0.25) is 0 Å². The Hall–Kier alpha value is -0.760. The first-order valence-electron chi connectivity index (χ1n) is 7.30. The molecule has 120 valence electrons. The molecule has 0 saturated carbocycles. The minimum absolute atomic E-state index is 0. The van der Waals surface area contributed by atoms with E-state index in [1.54, 1.807) is 0 Å². The molecule has 0 aromatic carbocycles. The first-order chi connectivity index (χ1) is 9.70. The first-order valence-corrected chi connectivity index (χ1v) is 7.30. The van der Waals surface area contributed by atoms with Crippen molar-refractivity contribution in [1.82, 2.24) is 14.8 Å². The van der Waals surface area contributed by atoms with Gasteiger partial charge in [-0.2, -0.15) is 0 Å². The van der Waals surface area contributed by atoms with Crippen molar-refractivity contribution in [3.8, 4) is 0 Å². The molecule has 0 aliphatic carbocycles. The van der Waals surface area contributed by atoms with Crippen molar-refractivity contribution in [2.75, 3.05) is 33.9 Å². The van der Waals surface area contributed by atoms with Crippen LogP contribution in [0.25, 0.3) is 0 Å². The molecule has 1 aromatic heterocycles. The smallest absolute Gasteiger partial charge is 0.193 e. The van der Waals surface area contributed by atoms with Crippen LogP contribution < -0.4 is 5.32 Å². The van der Waals surface area contributed by atoms with Crippen LogP contribution in [-0.4, -0.2) is 49.3 Å². The van der Waals surface area contributed by atoms with Crippen LogP contribution in [0.15, 0.2) is 23.3 Å². The van der Waals surface area contributed by atoms with E-state index in [0.29, 0.717) is 5.92 Å². The van der Waals surface area contributed by atoms with Crippen molar-refractivity contribution in [2.45, 2.75) is 19.4 Å². The van der Waals surface area contributed by atoms with Gasteiger partial charge in [0.05, 0.1) is 6.54 Å². The number of guanidine groups is 1. The second-order valence-electron chi connectivity index (χ2n) is 5.45. The van der Waals surface area contributed by atoms with E-state index in [9.17, 15) is 0 Å². The summed E-state index contributed by atoms with van der Waals surface area (Å²) in [4.78, 5) is 6.53. The molecular formula is C15H27IN4O. The molecule has 6 heteroatoms. The summed E-state index contributed by atoms with van der Waals surface area (Å²) in [5.74, 6) is 1.65. The Labute approximate surface area is 144 Å². The number of halogens is 1. The average Bonchev–Trinajstić information content (AvgIpc) is 2.86. The van der Waals surface area contributed by atoms with Crippen LogP contribution >= 0.6 is 24.0 Å². The predicted molar refractivity (Wildman–Crippen MR) is 97.2 cm³/mol. The number of aliphatic imine (C=N–C) groups is 1. The van der Waals surface area contributed by atoms with E-state index < -0.39 is 0 Å². The largest absolute Gasteiger partial charge is 0.381 e. The summed E-state index contributed by atoms with van der Waals surface area (Å²) in [7, 11) is 5.99. The molecule has 21 heavy (non-hydrogen) atoms. The third kappa shape index (κ3) is 5.50. The van der Waals surface area contributed by atoms with Gasteiger partial charge in [-0.1, -0.05) is 0 Å². The Bertz CT molecular complexity index is 441. The third-order valence-corrected chi connectivity index (χ3v) is 3.91. The Morgan fingerprint density at radius 3 is 2.76 bits per heavy atom. The van der Waals surface area contributed by atoms with Gasteiger partial charge in [0.15, 0.2) is 5.96 Å². The van der Waals surface area contributed by atoms with E-state index in [1.165, 1.54) is 5.69 Å². The molecule has 0 radical (unpaired) electrons. The highest BCUT2D eigenvalue weighted by Crippen LogP contribution is 2.13. The van der Waals surface area contributed by atoms with Crippen LogP contribution in [0, 0.1) is 5.92 Å². The van der Waals surface area contributed by atoms with Crippen LogP contribution in [0.2, 0.25) is 0 Å². The summed E-state index contributed by atoms with van der Waals surface area (Å²) in [6, 6.07) is 4.21. The van der Waals surface area contributed by atoms with Crippen LogP contribution in [0.4, 0.5) is 0 Å². The quantitative estimate of drug-likeness (QED) is 0.473. The second kappa shape index (κ2) is 9.30. The van der Waals surface area contributed by atoms with Gasteiger partial charge in [-0.15, -0.1) is 24.0 Å². The zero-order valence-corrected chi connectivity index (χ0v) is 15.5. The SMILES string of the molecule is CN=C(NCC1CCOCC1)N(C)Cc1cccn1C.I. The van der Waals surface area contributed by atoms with Gasteiger partial charge in [-0.05, 0) is 30.9 Å². The van der Waals surface area contributed by atoms with Crippen molar-refractivity contribution in [3.05, 3.63) is 24.0 Å². The van der Waals surface area contributed by atoms with Gasteiger partial charge >= 0.3 is 0 Å². The Morgan fingerprint density at radius 1 is 1.48 bits per heavy atom. The molecule has 0 atom stereocenters. The van der Waals surface area contributed by atoms with Gasteiger partial charge in [0.1, 0.15) is 0 Å². The maximum Gasteiger partial charge on any atom is 0.193 e. The molecule has 5 nitrogen and oxygen atoms in total. The number of nitrogens with zero attached hydrogens (tertiary/aromatic N) is 3. The van der Waals surface area contributed by atoms with E-state index in [-0.39, 0.29) is 24.0 Å². The summed E-state index contributed by atoms with van der Waals surface area (Å²) in [5.41, 5.74) is 1.28. The first kappa shape index (κ1) is 18.3. The normalized spacial score (nSPS) is 16.4. The Morgan fingerprint density at radius 2 is 2.19 bits per heavy atom. The monoisotopic (exact) mass is 406 g/mol. The molecule has 1 aliphatic heterocycles. The number of rotatable bonds is 4. The van der Waals surface area contributed by atoms with E-state index in [4.69, 9.17) is 4.74 Å². The highest BCUT2D eigenvalue weighted by Gasteiger charge is 2.15. The maximum absolute atomic E-state index is 5.39. The van der Waals surface area contributed by atoms with E-state index >= 15 is 0 Å². The lowest BCUT2D eigenvalue weighted by molar-refractivity contribution is 0.0674. The molecule has 0 bridgehead atoms. The molecule has 1 saturated heterocycles. The number of hydrogen-bond acceptors (Lipinski definition) is 2. The Balaban J connectivity index is 0.00000220. The predicted octanol–water partition coefficient (Wildman–Crippen LogP) is 2.08. The summed E-state index contributed by atoms with van der Waals surface area (Å²) in [6.07, 6.45) is 4.36. The molecule has 0 spiro atoms. The summed E-state index contributed by atoms with van der Waals surface area (Å²) >= 11 is 0. The molecule has 1 N–H and O–H groups in total. The van der Waals surface area contributed by atoms with E-state index in [0.717, 1.165) is 45.1 Å². The standard InChI is InChI=1S/C15H26N4O.HI/c1-16-15(17-11-13-6-9-20-10-7-13)19(3)12-14-5-4-8-18(14)2;/h4-5,8,13H,6-7,9-12H2,1-3H3,(H,16,17);1H. The van der Waals surface area contributed by atoms with Crippen LogP contribution in [-0.2, 0) is 18.3 Å². The van der Waals surface area contributed by atoms with Gasteiger partial charge in [0.25, 0.3) is 0 Å². The zero-order valence-electron chi connectivity index (χ0n) is 13.2. The number of aryl methyl sites for hydroxylation is 1. The number of aromatic nitrogens is 1. The van der Waals surface area contributed by atoms with Crippen molar-refractivity contribution in [3.63, 3.8) is 0 Å². The summed E-state index contributed by atoms with van der Waals surface area (Å²) in [5, 5.41) is 3.48. The zero-order chi connectivity index (χ0) is 14.4. The number of ether oxygens (including phenoxy) is 1. The van der Waals surface area contributed by atoms with Gasteiger partial charge in [-0.25, -0.2) is 0 Å². The topological polar surface area (TPSA) is 41.8 Å². The lowest BCUT2D eigenvalue weighted by Crippen LogP contribution is -2.41. The van der Waals surface area contributed by atoms with Crippen LogP contribution in [0.3, 0.4) is 0 Å². The molecular weight excluding hydrogens is 379 g/mol. The third-order valence-electron chi connectivity index (χ3n) is 3.91. The molecule has 2 heterocycles. The van der Waals surface area contributed by atoms with Crippen molar-refractivity contribution < 1.29 is 4.74 Å². The molecule has 0 amide bonds. The van der Waals surface area contributed by atoms with Gasteiger partial charge in [-0.3, -0.25) is 4.99 Å². The van der Waals surface area contributed by atoms with Gasteiger partial charge in [0, 0.05) is 52.8 Å². The minimum Gasteiger partial charge on any atom is -0.381 e. The fourth-order valence-corrected chi connectivity index (χ4v) is 2.55. The highest BCUT2D eigenvalue weighted by molar-refractivity contribution is 14.0. The lowest BCUT2D eigenvalue weighted by atomic mass is 10.0. The fraction of sp³-hybridized carbons (Fsp3) is 0.667. The molecule has 1 aliphatic rings. The van der Waals surface area contributed by atoms with Crippen LogP contribution in [0.5, 0.6) is 0 Å². The molecule has 1 fully saturated rings. The molecule has 2 rings (SSSR count). The van der Waals surface area contributed by atoms with Crippen molar-refractivity contribution in [1.29, 1.82) is 0 Å². The van der Waals surface area contributed by atoms with Crippen LogP contribution in [0.1, 0.15) is 18.5 Å². The number of hydrogen-bond donors (Lipinski definition) is 1.